The Balaban J connectivity index is 0.00000161. The van der Waals surface area contributed by atoms with E-state index in [0.717, 1.165) is 38.2 Å². The second-order valence-electron chi connectivity index (χ2n) is 6.08. The van der Waals surface area contributed by atoms with Gasteiger partial charge in [0, 0.05) is 18.1 Å². The largest absolute Gasteiger partial charge is 0.342 e. The number of carbonyl (C=O) groups is 1. The zero-order valence-corrected chi connectivity index (χ0v) is 13.7. The average Bonchev–Trinajstić information content (AvgIpc) is 2.86. The molecule has 2 aliphatic heterocycles. The molecule has 0 atom stereocenters. The summed E-state index contributed by atoms with van der Waals surface area (Å²) in [4.78, 5) is 14.5. The molecule has 2 saturated heterocycles. The van der Waals surface area contributed by atoms with Crippen LogP contribution in [0.25, 0.3) is 0 Å². The highest BCUT2D eigenvalue weighted by Gasteiger charge is 2.40. The highest BCUT2D eigenvalue weighted by Crippen LogP contribution is 2.38. The minimum atomic E-state index is 0. The zero-order valence-electron chi connectivity index (χ0n) is 12.1. The van der Waals surface area contributed by atoms with Gasteiger partial charge in [-0.25, -0.2) is 0 Å². The number of nitrogens with zero attached hydrogens (tertiary/aromatic N) is 1. The van der Waals surface area contributed by atoms with E-state index in [9.17, 15) is 4.79 Å². The molecule has 2 fully saturated rings. The summed E-state index contributed by atoms with van der Waals surface area (Å²) >= 11 is 6.14. The summed E-state index contributed by atoms with van der Waals surface area (Å²) < 4.78 is 0. The summed E-state index contributed by atoms with van der Waals surface area (Å²) in [6.07, 6.45) is 3.97. The SMILES string of the molecule is Cl.O=C(Cc1ccccc1Cl)N1CCC2(CCNCC2)C1. The van der Waals surface area contributed by atoms with Crippen molar-refractivity contribution in [3.05, 3.63) is 34.9 Å². The summed E-state index contributed by atoms with van der Waals surface area (Å²) in [7, 11) is 0. The summed E-state index contributed by atoms with van der Waals surface area (Å²) in [6.45, 7) is 4.01. The third-order valence-corrected chi connectivity index (χ3v) is 5.12. The average molecular weight is 329 g/mol. The van der Waals surface area contributed by atoms with Crippen molar-refractivity contribution < 1.29 is 4.79 Å². The van der Waals surface area contributed by atoms with Crippen LogP contribution in [0.1, 0.15) is 24.8 Å². The van der Waals surface area contributed by atoms with Gasteiger partial charge in [0.25, 0.3) is 0 Å². The van der Waals surface area contributed by atoms with E-state index in [-0.39, 0.29) is 18.3 Å². The minimum absolute atomic E-state index is 0. The van der Waals surface area contributed by atoms with E-state index in [0.29, 0.717) is 16.9 Å². The molecule has 0 saturated carbocycles. The van der Waals surface area contributed by atoms with Crippen molar-refractivity contribution in [2.75, 3.05) is 26.2 Å². The fourth-order valence-electron chi connectivity index (χ4n) is 3.43. The van der Waals surface area contributed by atoms with E-state index in [4.69, 9.17) is 11.6 Å². The standard InChI is InChI=1S/C16H21ClN2O.ClH/c17-14-4-2-1-3-13(14)11-15(20)19-10-7-16(12-19)5-8-18-9-6-16;/h1-4,18H,5-12H2;1H. The summed E-state index contributed by atoms with van der Waals surface area (Å²) in [5, 5.41) is 4.10. The predicted molar refractivity (Wildman–Crippen MR) is 88.1 cm³/mol. The molecule has 0 bridgehead atoms. The second kappa shape index (κ2) is 6.99. The first kappa shape index (κ1) is 16.6. The Bertz CT molecular complexity index is 501. The Hall–Kier alpha value is -0.770. The van der Waals surface area contributed by atoms with E-state index in [1.165, 1.54) is 12.8 Å². The minimum Gasteiger partial charge on any atom is -0.342 e. The topological polar surface area (TPSA) is 32.3 Å². The normalized spacial score (nSPS) is 20.3. The molecule has 21 heavy (non-hydrogen) atoms. The van der Waals surface area contributed by atoms with Crippen LogP contribution in [0.3, 0.4) is 0 Å². The second-order valence-corrected chi connectivity index (χ2v) is 6.49. The zero-order chi connectivity index (χ0) is 14.0. The van der Waals surface area contributed by atoms with E-state index in [1.54, 1.807) is 0 Å². The molecule has 0 unspecified atom stereocenters. The van der Waals surface area contributed by atoms with E-state index < -0.39 is 0 Å². The van der Waals surface area contributed by atoms with Gasteiger partial charge < -0.3 is 10.2 Å². The first-order valence-electron chi connectivity index (χ1n) is 7.40. The number of nitrogens with one attached hydrogen (secondary N) is 1. The lowest BCUT2D eigenvalue weighted by molar-refractivity contribution is -0.129. The molecule has 1 aromatic carbocycles. The molecule has 2 aliphatic rings. The number of amides is 1. The third kappa shape index (κ3) is 3.71. The number of rotatable bonds is 2. The lowest BCUT2D eigenvalue weighted by Gasteiger charge is -2.33. The van der Waals surface area contributed by atoms with Crippen molar-refractivity contribution in [1.82, 2.24) is 10.2 Å². The molecule has 5 heteroatoms. The molecule has 1 aromatic rings. The fraction of sp³-hybridized carbons (Fsp3) is 0.562. The van der Waals surface area contributed by atoms with Gasteiger partial charge in [-0.3, -0.25) is 4.79 Å². The van der Waals surface area contributed by atoms with Gasteiger partial charge in [0.2, 0.25) is 5.91 Å². The van der Waals surface area contributed by atoms with Gasteiger partial charge >= 0.3 is 0 Å². The van der Waals surface area contributed by atoms with Crippen LogP contribution in [0, 0.1) is 5.41 Å². The molecular formula is C16H22Cl2N2O. The number of piperidine rings is 1. The molecule has 1 N–H and O–H groups in total. The maximum atomic E-state index is 12.4. The van der Waals surface area contributed by atoms with Crippen molar-refractivity contribution in [2.24, 2.45) is 5.41 Å². The van der Waals surface area contributed by atoms with Crippen LogP contribution in [0.15, 0.2) is 24.3 Å². The van der Waals surface area contributed by atoms with E-state index in [2.05, 4.69) is 5.32 Å². The van der Waals surface area contributed by atoms with Crippen molar-refractivity contribution in [3.63, 3.8) is 0 Å². The smallest absolute Gasteiger partial charge is 0.227 e. The first-order valence-corrected chi connectivity index (χ1v) is 7.78. The molecule has 0 aromatic heterocycles. The van der Waals surface area contributed by atoms with Crippen LogP contribution >= 0.6 is 24.0 Å². The van der Waals surface area contributed by atoms with Crippen LogP contribution in [0.5, 0.6) is 0 Å². The molecule has 1 amide bonds. The monoisotopic (exact) mass is 328 g/mol. The van der Waals surface area contributed by atoms with Gasteiger partial charge in [-0.05, 0) is 49.4 Å². The Morgan fingerprint density at radius 2 is 1.95 bits per heavy atom. The number of hydrogen-bond donors (Lipinski definition) is 1. The van der Waals surface area contributed by atoms with Gasteiger partial charge in [-0.1, -0.05) is 29.8 Å². The summed E-state index contributed by atoms with van der Waals surface area (Å²) in [5.41, 5.74) is 1.31. The number of likely N-dealkylation sites (tertiary alicyclic amines) is 1. The van der Waals surface area contributed by atoms with Crippen LogP contribution < -0.4 is 5.32 Å². The fourth-order valence-corrected chi connectivity index (χ4v) is 3.63. The van der Waals surface area contributed by atoms with Crippen molar-refractivity contribution in [2.45, 2.75) is 25.7 Å². The van der Waals surface area contributed by atoms with E-state index >= 15 is 0 Å². The highest BCUT2D eigenvalue weighted by atomic mass is 35.5. The highest BCUT2D eigenvalue weighted by molar-refractivity contribution is 6.31. The van der Waals surface area contributed by atoms with Gasteiger partial charge in [-0.15, -0.1) is 12.4 Å². The number of halogens is 2. The Morgan fingerprint density at radius 3 is 2.67 bits per heavy atom. The van der Waals surface area contributed by atoms with Gasteiger partial charge in [-0.2, -0.15) is 0 Å². The van der Waals surface area contributed by atoms with Gasteiger partial charge in [0.05, 0.1) is 6.42 Å². The third-order valence-electron chi connectivity index (χ3n) is 4.75. The summed E-state index contributed by atoms with van der Waals surface area (Å²) in [5.74, 6) is 0.216. The predicted octanol–water partition coefficient (Wildman–Crippen LogP) is 2.91. The van der Waals surface area contributed by atoms with Gasteiger partial charge in [0.1, 0.15) is 0 Å². The lowest BCUT2D eigenvalue weighted by atomic mass is 9.78. The number of carbonyl (C=O) groups excluding carboxylic acids is 1. The molecule has 0 aliphatic carbocycles. The number of benzene rings is 1. The van der Waals surface area contributed by atoms with E-state index in [1.807, 2.05) is 29.2 Å². The Kier molecular flexibility index (Phi) is 5.53. The van der Waals surface area contributed by atoms with Crippen molar-refractivity contribution >= 4 is 29.9 Å². The molecule has 0 radical (unpaired) electrons. The van der Waals surface area contributed by atoms with Gasteiger partial charge in [0.15, 0.2) is 0 Å². The lowest BCUT2D eigenvalue weighted by Crippen LogP contribution is -2.40. The van der Waals surface area contributed by atoms with Crippen molar-refractivity contribution in [3.8, 4) is 0 Å². The quantitative estimate of drug-likeness (QED) is 0.905. The van der Waals surface area contributed by atoms with Crippen LogP contribution in [0.4, 0.5) is 0 Å². The first-order chi connectivity index (χ1) is 9.69. The number of hydrogen-bond acceptors (Lipinski definition) is 2. The molecule has 2 heterocycles. The molecule has 116 valence electrons. The van der Waals surface area contributed by atoms with Crippen LogP contribution in [-0.2, 0) is 11.2 Å². The molecule has 3 nitrogen and oxygen atoms in total. The Morgan fingerprint density at radius 1 is 1.24 bits per heavy atom. The van der Waals surface area contributed by atoms with Crippen LogP contribution in [0.2, 0.25) is 5.02 Å². The Labute approximate surface area is 137 Å². The van der Waals surface area contributed by atoms with Crippen LogP contribution in [-0.4, -0.2) is 37.0 Å². The molecule has 1 spiro atoms. The van der Waals surface area contributed by atoms with Crippen molar-refractivity contribution in [1.29, 1.82) is 0 Å². The molecular weight excluding hydrogens is 307 g/mol. The maximum Gasteiger partial charge on any atom is 0.227 e. The summed E-state index contributed by atoms with van der Waals surface area (Å²) in [6, 6.07) is 7.63. The maximum absolute atomic E-state index is 12.4. The molecule has 3 rings (SSSR count).